The lowest BCUT2D eigenvalue weighted by molar-refractivity contribution is -0.161. The van der Waals surface area contributed by atoms with E-state index in [1.807, 2.05) is 0 Å². The van der Waals surface area contributed by atoms with Crippen LogP contribution in [-0.2, 0) is 9.53 Å². The Morgan fingerprint density at radius 3 is 2.58 bits per heavy atom. The molecule has 0 bridgehead atoms. The van der Waals surface area contributed by atoms with Crippen molar-refractivity contribution in [1.82, 2.24) is 4.90 Å². The van der Waals surface area contributed by atoms with E-state index in [1.165, 1.54) is 32.1 Å². The van der Waals surface area contributed by atoms with Gasteiger partial charge in [-0.25, -0.2) is 0 Å². The zero-order chi connectivity index (χ0) is 18.5. The molecule has 3 aliphatic rings. The highest BCUT2D eigenvalue weighted by Gasteiger charge is 2.34. The van der Waals surface area contributed by atoms with Crippen molar-refractivity contribution < 1.29 is 14.6 Å². The van der Waals surface area contributed by atoms with Crippen molar-refractivity contribution in [3.8, 4) is 0 Å². The van der Waals surface area contributed by atoms with Crippen LogP contribution >= 0.6 is 0 Å². The highest BCUT2D eigenvalue weighted by molar-refractivity contribution is 5.73. The van der Waals surface area contributed by atoms with Crippen LogP contribution in [0.3, 0.4) is 0 Å². The number of nitrogens with zero attached hydrogens (tertiary/aromatic N) is 1. The van der Waals surface area contributed by atoms with Gasteiger partial charge in [0.25, 0.3) is 0 Å². The lowest BCUT2D eigenvalue weighted by atomic mass is 9.75. The zero-order valence-electron chi connectivity index (χ0n) is 16.7. The van der Waals surface area contributed by atoms with Crippen molar-refractivity contribution in [2.24, 2.45) is 11.8 Å². The van der Waals surface area contributed by atoms with Crippen LogP contribution in [-0.4, -0.2) is 48.8 Å². The summed E-state index contributed by atoms with van der Waals surface area (Å²) in [6.07, 6.45) is 12.6. The molecule has 2 saturated carbocycles. The molecule has 3 aliphatic carbocycles. The lowest BCUT2D eigenvalue weighted by Crippen LogP contribution is -2.36. The predicted molar refractivity (Wildman–Crippen MR) is 104 cm³/mol. The summed E-state index contributed by atoms with van der Waals surface area (Å²) in [7, 11) is 4.31. The Bertz CT molecular complexity index is 514. The first kappa shape index (κ1) is 19.9. The monoisotopic (exact) mass is 363 g/mol. The number of aliphatic hydroxyl groups is 1. The molecule has 148 valence electrons. The third kappa shape index (κ3) is 5.10. The van der Waals surface area contributed by atoms with E-state index >= 15 is 0 Å². The van der Waals surface area contributed by atoms with Crippen molar-refractivity contribution in [3.05, 3.63) is 11.1 Å². The predicted octanol–water partition coefficient (Wildman–Crippen LogP) is 4.07. The Morgan fingerprint density at radius 1 is 1.04 bits per heavy atom. The Hall–Kier alpha value is -0.870. The third-order valence-electron chi connectivity index (χ3n) is 6.57. The van der Waals surface area contributed by atoms with Crippen molar-refractivity contribution in [3.63, 3.8) is 0 Å². The molecular weight excluding hydrogens is 326 g/mol. The van der Waals surface area contributed by atoms with Crippen LogP contribution in [0.2, 0.25) is 0 Å². The standard InChI is InChI=1S/C22H37NO3/c1-23(2)15-17-8-3-4-11-19(17)16-9-7-10-18(14-16)26-22(25)20-12-5-6-13-21(20)24/h16,18,20-21,24H,3-15H2,1-2H3. The van der Waals surface area contributed by atoms with E-state index in [0.29, 0.717) is 5.92 Å². The molecule has 1 N–H and O–H groups in total. The average Bonchev–Trinajstić information content (AvgIpc) is 2.62. The molecule has 0 aromatic carbocycles. The van der Waals surface area contributed by atoms with Crippen LogP contribution in [0, 0.1) is 11.8 Å². The van der Waals surface area contributed by atoms with Gasteiger partial charge in [0.1, 0.15) is 6.10 Å². The number of allylic oxidation sites excluding steroid dienone is 1. The first-order valence-electron chi connectivity index (χ1n) is 10.8. The summed E-state index contributed by atoms with van der Waals surface area (Å²) in [5.74, 6) is 0.157. The Labute approximate surface area is 159 Å². The second kappa shape index (κ2) is 9.36. The van der Waals surface area contributed by atoms with E-state index in [1.54, 1.807) is 11.1 Å². The van der Waals surface area contributed by atoms with E-state index in [9.17, 15) is 9.90 Å². The molecule has 0 aromatic heterocycles. The molecule has 0 amide bonds. The second-order valence-corrected chi connectivity index (χ2v) is 8.95. The van der Waals surface area contributed by atoms with E-state index in [0.717, 1.165) is 51.5 Å². The molecule has 4 heteroatoms. The largest absolute Gasteiger partial charge is 0.462 e. The number of rotatable bonds is 5. The number of hydrogen-bond donors (Lipinski definition) is 1. The summed E-state index contributed by atoms with van der Waals surface area (Å²) >= 11 is 0. The van der Waals surface area contributed by atoms with E-state index in [4.69, 9.17) is 4.74 Å². The van der Waals surface area contributed by atoms with Crippen LogP contribution in [0.15, 0.2) is 11.1 Å². The molecule has 2 fully saturated rings. The fraction of sp³-hybridized carbons (Fsp3) is 0.864. The Morgan fingerprint density at radius 2 is 1.81 bits per heavy atom. The normalized spacial score (nSPS) is 33.4. The fourth-order valence-corrected chi connectivity index (χ4v) is 5.25. The zero-order valence-corrected chi connectivity index (χ0v) is 16.7. The minimum atomic E-state index is -0.497. The molecule has 0 aliphatic heterocycles. The van der Waals surface area contributed by atoms with Crippen molar-refractivity contribution >= 4 is 5.97 Å². The molecule has 0 aromatic rings. The minimum absolute atomic E-state index is 0.0467. The van der Waals surface area contributed by atoms with Gasteiger partial charge in [0.05, 0.1) is 12.0 Å². The van der Waals surface area contributed by atoms with Crippen molar-refractivity contribution in [2.45, 2.75) is 89.3 Å². The number of carbonyl (C=O) groups is 1. The van der Waals surface area contributed by atoms with Gasteiger partial charge in [-0.3, -0.25) is 4.79 Å². The van der Waals surface area contributed by atoms with Crippen LogP contribution in [0.5, 0.6) is 0 Å². The van der Waals surface area contributed by atoms with Gasteiger partial charge in [-0.1, -0.05) is 24.0 Å². The van der Waals surface area contributed by atoms with Crippen LogP contribution in [0.1, 0.15) is 77.0 Å². The SMILES string of the molecule is CN(C)CC1=C(C2CCCC(OC(=O)C3CCCCC3O)C2)CCCC1. The number of hydrogen-bond acceptors (Lipinski definition) is 4. The van der Waals surface area contributed by atoms with Crippen LogP contribution < -0.4 is 0 Å². The molecule has 0 radical (unpaired) electrons. The molecule has 4 nitrogen and oxygen atoms in total. The number of carbonyl (C=O) groups excluding carboxylic acids is 1. The highest BCUT2D eigenvalue weighted by Crippen LogP contribution is 2.39. The van der Waals surface area contributed by atoms with E-state index in [2.05, 4.69) is 19.0 Å². The van der Waals surface area contributed by atoms with Crippen LogP contribution in [0.25, 0.3) is 0 Å². The highest BCUT2D eigenvalue weighted by atomic mass is 16.5. The molecule has 4 atom stereocenters. The van der Waals surface area contributed by atoms with Gasteiger partial charge in [-0.2, -0.15) is 0 Å². The smallest absolute Gasteiger partial charge is 0.311 e. The summed E-state index contributed by atoms with van der Waals surface area (Å²) in [6.45, 7) is 1.07. The molecule has 26 heavy (non-hydrogen) atoms. The molecule has 0 spiro atoms. The van der Waals surface area contributed by atoms with Gasteiger partial charge in [-0.05, 0) is 84.2 Å². The molecular formula is C22H37NO3. The Kier molecular flexibility index (Phi) is 7.16. The average molecular weight is 364 g/mol. The second-order valence-electron chi connectivity index (χ2n) is 8.95. The van der Waals surface area contributed by atoms with Gasteiger partial charge >= 0.3 is 5.97 Å². The first-order valence-corrected chi connectivity index (χ1v) is 10.8. The van der Waals surface area contributed by atoms with E-state index < -0.39 is 6.10 Å². The maximum Gasteiger partial charge on any atom is 0.311 e. The number of likely N-dealkylation sites (N-methyl/N-ethyl adjacent to an activating group) is 1. The summed E-state index contributed by atoms with van der Waals surface area (Å²) < 4.78 is 5.91. The molecule has 0 saturated heterocycles. The number of aliphatic hydroxyl groups excluding tert-OH is 1. The first-order chi connectivity index (χ1) is 12.5. The van der Waals surface area contributed by atoms with E-state index in [-0.39, 0.29) is 18.0 Å². The molecule has 0 heterocycles. The summed E-state index contributed by atoms with van der Waals surface area (Å²) in [6, 6.07) is 0. The third-order valence-corrected chi connectivity index (χ3v) is 6.57. The topological polar surface area (TPSA) is 49.8 Å². The van der Waals surface area contributed by atoms with Gasteiger partial charge in [0, 0.05) is 6.54 Å². The maximum absolute atomic E-state index is 12.6. The lowest BCUT2D eigenvalue weighted by Gasteiger charge is -2.35. The summed E-state index contributed by atoms with van der Waals surface area (Å²) in [4.78, 5) is 14.9. The fourth-order valence-electron chi connectivity index (χ4n) is 5.25. The number of ether oxygens (including phenoxy) is 1. The molecule has 3 rings (SSSR count). The Balaban J connectivity index is 1.61. The van der Waals surface area contributed by atoms with Crippen LogP contribution in [0.4, 0.5) is 0 Å². The van der Waals surface area contributed by atoms with Crippen molar-refractivity contribution in [1.29, 1.82) is 0 Å². The number of esters is 1. The molecule has 4 unspecified atom stereocenters. The maximum atomic E-state index is 12.6. The van der Waals surface area contributed by atoms with Gasteiger partial charge in [0.15, 0.2) is 0 Å². The van der Waals surface area contributed by atoms with Gasteiger partial charge < -0.3 is 14.7 Å². The summed E-state index contributed by atoms with van der Waals surface area (Å²) in [5, 5.41) is 10.1. The van der Waals surface area contributed by atoms with Crippen molar-refractivity contribution in [2.75, 3.05) is 20.6 Å². The van der Waals surface area contributed by atoms with Gasteiger partial charge in [-0.15, -0.1) is 0 Å². The summed E-state index contributed by atoms with van der Waals surface area (Å²) in [5.41, 5.74) is 3.31. The van der Waals surface area contributed by atoms with Gasteiger partial charge in [0.2, 0.25) is 0 Å². The minimum Gasteiger partial charge on any atom is -0.462 e. The quantitative estimate of drug-likeness (QED) is 0.591.